The van der Waals surface area contributed by atoms with Crippen LogP contribution in [-0.4, -0.2) is 43.3 Å². The molecule has 0 saturated carbocycles. The van der Waals surface area contributed by atoms with Gasteiger partial charge in [0.2, 0.25) is 0 Å². The fourth-order valence-corrected chi connectivity index (χ4v) is 1.48. The molecule has 1 aliphatic heterocycles. The van der Waals surface area contributed by atoms with E-state index >= 15 is 0 Å². The smallest absolute Gasteiger partial charge is 0.354 e. The summed E-state index contributed by atoms with van der Waals surface area (Å²) in [6.07, 6.45) is 0.631. The number of nitrogens with zero attached hydrogens (tertiary/aromatic N) is 1. The number of nitrogens with two attached hydrogens (primary N) is 1. The van der Waals surface area contributed by atoms with Crippen LogP contribution in [0, 0.1) is 5.41 Å². The second-order valence-corrected chi connectivity index (χ2v) is 3.58. The normalized spacial score (nSPS) is 21.3. The predicted octanol–water partition coefficient (Wildman–Crippen LogP) is 0.118. The highest BCUT2D eigenvalue weighted by atomic mass is 16.5. The summed E-state index contributed by atoms with van der Waals surface area (Å²) in [4.78, 5) is 13.4. The Balaban J connectivity index is 2.85. The Morgan fingerprint density at radius 3 is 2.93 bits per heavy atom. The predicted molar refractivity (Wildman–Crippen MR) is 57.7 cm³/mol. The van der Waals surface area contributed by atoms with Crippen molar-refractivity contribution in [3.05, 3.63) is 11.3 Å². The molecule has 5 nitrogen and oxygen atoms in total. The quantitative estimate of drug-likeness (QED) is 0.502. The van der Waals surface area contributed by atoms with Crippen LogP contribution in [0.1, 0.15) is 13.3 Å². The zero-order valence-corrected chi connectivity index (χ0v) is 9.17. The Labute approximate surface area is 89.4 Å². The highest BCUT2D eigenvalue weighted by molar-refractivity contribution is 6.05. The number of likely N-dealkylation sites (tertiary alicyclic amines) is 1. The summed E-state index contributed by atoms with van der Waals surface area (Å²) in [7, 11) is 1.94. The lowest BCUT2D eigenvalue weighted by atomic mass is 10.0. The molecule has 0 aromatic carbocycles. The van der Waals surface area contributed by atoms with Gasteiger partial charge in [0.25, 0.3) is 0 Å². The van der Waals surface area contributed by atoms with Crippen molar-refractivity contribution in [2.75, 3.05) is 26.7 Å². The monoisotopic (exact) mass is 211 g/mol. The number of nitrogens with one attached hydrogen (secondary N) is 1. The van der Waals surface area contributed by atoms with Crippen LogP contribution in [0.3, 0.4) is 0 Å². The first-order valence-electron chi connectivity index (χ1n) is 4.98. The largest absolute Gasteiger partial charge is 0.461 e. The molecule has 0 atom stereocenters. The number of piperidine rings is 1. The molecule has 1 saturated heterocycles. The van der Waals surface area contributed by atoms with Crippen molar-refractivity contribution in [1.82, 2.24) is 4.90 Å². The van der Waals surface area contributed by atoms with E-state index in [-0.39, 0.29) is 5.70 Å². The van der Waals surface area contributed by atoms with Crippen LogP contribution < -0.4 is 5.73 Å². The molecule has 0 radical (unpaired) electrons. The Bertz CT molecular complexity index is 310. The molecule has 3 N–H and O–H groups in total. The van der Waals surface area contributed by atoms with Crippen LogP contribution in [0.4, 0.5) is 0 Å². The zero-order valence-electron chi connectivity index (χ0n) is 9.17. The van der Waals surface area contributed by atoms with Crippen LogP contribution >= 0.6 is 0 Å². The highest BCUT2D eigenvalue weighted by Crippen LogP contribution is 2.13. The van der Waals surface area contributed by atoms with Gasteiger partial charge in [-0.05, 0) is 14.0 Å². The molecule has 0 unspecified atom stereocenters. The Morgan fingerprint density at radius 1 is 1.67 bits per heavy atom. The molecule has 15 heavy (non-hydrogen) atoms. The van der Waals surface area contributed by atoms with Gasteiger partial charge in [-0.15, -0.1) is 0 Å². The third-order valence-corrected chi connectivity index (χ3v) is 2.36. The minimum Gasteiger partial charge on any atom is -0.461 e. The maximum Gasteiger partial charge on any atom is 0.354 e. The van der Waals surface area contributed by atoms with Crippen molar-refractivity contribution in [2.45, 2.75) is 13.3 Å². The van der Waals surface area contributed by atoms with Gasteiger partial charge in [0, 0.05) is 30.8 Å². The number of hydrogen-bond donors (Lipinski definition) is 2. The molecule has 84 valence electrons. The number of hydrogen-bond acceptors (Lipinski definition) is 5. The van der Waals surface area contributed by atoms with Gasteiger partial charge in [0.15, 0.2) is 0 Å². The Hall–Kier alpha value is -1.36. The van der Waals surface area contributed by atoms with Crippen molar-refractivity contribution in [1.29, 1.82) is 5.41 Å². The first kappa shape index (κ1) is 11.7. The van der Waals surface area contributed by atoms with Crippen molar-refractivity contribution < 1.29 is 9.53 Å². The Morgan fingerprint density at radius 2 is 2.33 bits per heavy atom. The average molecular weight is 211 g/mol. The maximum absolute atomic E-state index is 11.4. The van der Waals surface area contributed by atoms with Crippen molar-refractivity contribution >= 4 is 11.7 Å². The van der Waals surface area contributed by atoms with Crippen molar-refractivity contribution in [3.63, 3.8) is 0 Å². The molecule has 1 aliphatic rings. The number of ether oxygens (including phenoxy) is 1. The number of likely N-dealkylation sites (N-methyl/N-ethyl adjacent to an activating group) is 1. The fourth-order valence-electron chi connectivity index (χ4n) is 1.48. The lowest BCUT2D eigenvalue weighted by Crippen LogP contribution is -2.35. The van der Waals surface area contributed by atoms with E-state index < -0.39 is 5.97 Å². The molecule has 0 aromatic heterocycles. The molecule has 0 amide bonds. The molecule has 1 fully saturated rings. The molecule has 1 rings (SSSR count). The highest BCUT2D eigenvalue weighted by Gasteiger charge is 2.22. The van der Waals surface area contributed by atoms with Gasteiger partial charge in [-0.25, -0.2) is 4.79 Å². The molecule has 0 aromatic rings. The summed E-state index contributed by atoms with van der Waals surface area (Å²) in [5.74, 6) is -0.521. The fraction of sp³-hybridized carbons (Fsp3) is 0.600. The van der Waals surface area contributed by atoms with E-state index in [0.717, 1.165) is 6.54 Å². The van der Waals surface area contributed by atoms with Crippen LogP contribution in [0.5, 0.6) is 0 Å². The standard InChI is InChI=1S/C10H17N3O2/c1-3-15-10(14)9(12)7-6-13(2)5-4-8(7)11/h11H,3-6,12H2,1-2H3/b9-7-,11-8?. The lowest BCUT2D eigenvalue weighted by Gasteiger charge is -2.26. The van der Waals surface area contributed by atoms with Gasteiger partial charge in [0.1, 0.15) is 5.70 Å². The summed E-state index contributed by atoms with van der Waals surface area (Å²) in [6.45, 7) is 3.41. The van der Waals surface area contributed by atoms with E-state index in [2.05, 4.69) is 0 Å². The number of rotatable bonds is 2. The molecular formula is C10H17N3O2. The molecule has 0 aliphatic carbocycles. The minimum absolute atomic E-state index is 0.0772. The van der Waals surface area contributed by atoms with Gasteiger partial charge in [-0.2, -0.15) is 0 Å². The first-order valence-corrected chi connectivity index (χ1v) is 4.98. The average Bonchev–Trinajstić information content (AvgIpc) is 2.21. The first-order chi connectivity index (χ1) is 7.06. The number of carbonyl (C=O) groups excluding carboxylic acids is 1. The van der Waals surface area contributed by atoms with Crippen molar-refractivity contribution in [2.24, 2.45) is 5.73 Å². The van der Waals surface area contributed by atoms with E-state index in [0.29, 0.717) is 30.9 Å². The van der Waals surface area contributed by atoms with Gasteiger partial charge in [-0.1, -0.05) is 0 Å². The topological polar surface area (TPSA) is 79.4 Å². The third kappa shape index (κ3) is 2.79. The van der Waals surface area contributed by atoms with Crippen LogP contribution in [0.15, 0.2) is 11.3 Å². The van der Waals surface area contributed by atoms with Crippen LogP contribution in [-0.2, 0) is 9.53 Å². The number of carbonyl (C=O) groups is 1. The zero-order chi connectivity index (χ0) is 11.4. The van der Waals surface area contributed by atoms with Gasteiger partial charge >= 0.3 is 5.97 Å². The van der Waals surface area contributed by atoms with Crippen LogP contribution in [0.25, 0.3) is 0 Å². The maximum atomic E-state index is 11.4. The summed E-state index contributed by atoms with van der Waals surface area (Å²) in [5, 5.41) is 7.72. The molecule has 0 bridgehead atoms. The van der Waals surface area contributed by atoms with Gasteiger partial charge in [0.05, 0.1) is 6.61 Å². The van der Waals surface area contributed by atoms with Crippen molar-refractivity contribution in [3.8, 4) is 0 Å². The second-order valence-electron chi connectivity index (χ2n) is 3.58. The molecule has 1 heterocycles. The summed E-state index contributed by atoms with van der Waals surface area (Å²) in [5.41, 5.74) is 6.79. The third-order valence-electron chi connectivity index (χ3n) is 2.36. The van der Waals surface area contributed by atoms with Crippen LogP contribution in [0.2, 0.25) is 0 Å². The SMILES string of the molecule is CCOC(=O)/C(N)=C1\CN(C)CCC1=N. The number of esters is 1. The van der Waals surface area contributed by atoms with E-state index in [1.54, 1.807) is 6.92 Å². The summed E-state index contributed by atoms with van der Waals surface area (Å²) >= 11 is 0. The van der Waals surface area contributed by atoms with E-state index in [4.69, 9.17) is 15.9 Å². The Kier molecular flexibility index (Phi) is 3.85. The molecule has 5 heteroatoms. The van der Waals surface area contributed by atoms with E-state index in [9.17, 15) is 4.79 Å². The summed E-state index contributed by atoms with van der Waals surface area (Å²) < 4.78 is 4.80. The van der Waals surface area contributed by atoms with Gasteiger partial charge in [-0.3, -0.25) is 0 Å². The molecule has 0 spiro atoms. The lowest BCUT2D eigenvalue weighted by molar-refractivity contribution is -0.138. The minimum atomic E-state index is -0.521. The van der Waals surface area contributed by atoms with E-state index in [1.807, 2.05) is 11.9 Å². The van der Waals surface area contributed by atoms with E-state index in [1.165, 1.54) is 0 Å². The second kappa shape index (κ2) is 4.93. The van der Waals surface area contributed by atoms with Gasteiger partial charge < -0.3 is 20.8 Å². The summed E-state index contributed by atoms with van der Waals surface area (Å²) in [6, 6.07) is 0. The molecular weight excluding hydrogens is 194 g/mol.